The number of halogens is 1. The summed E-state index contributed by atoms with van der Waals surface area (Å²) in [5.74, 6) is 0. The van der Waals surface area contributed by atoms with Crippen LogP contribution in [0.2, 0.25) is 5.15 Å². The molecule has 0 bridgehead atoms. The van der Waals surface area contributed by atoms with Gasteiger partial charge in [-0.05, 0) is 12.5 Å². The summed E-state index contributed by atoms with van der Waals surface area (Å²) in [4.78, 5) is 11.8. The molecule has 0 amide bonds. The highest BCUT2D eigenvalue weighted by molar-refractivity contribution is 6.33. The molecule has 3 aromatic rings. The first-order valence-corrected chi connectivity index (χ1v) is 6.06. The van der Waals surface area contributed by atoms with Crippen LogP contribution < -0.4 is 5.56 Å². The van der Waals surface area contributed by atoms with Crippen molar-refractivity contribution in [3.8, 4) is 0 Å². The lowest BCUT2D eigenvalue weighted by Gasteiger charge is -2.02. The minimum absolute atomic E-state index is 0.143. The van der Waals surface area contributed by atoms with Gasteiger partial charge < -0.3 is 0 Å². The quantitative estimate of drug-likeness (QED) is 0.769. The number of hydrogen-bond donors (Lipinski definition) is 1. The zero-order chi connectivity index (χ0) is 13.4. The van der Waals surface area contributed by atoms with E-state index in [1.807, 2.05) is 31.2 Å². The molecule has 3 rings (SSSR count). The minimum Gasteiger partial charge on any atom is -0.265 e. The molecule has 2 heterocycles. The zero-order valence-electron chi connectivity index (χ0n) is 10.1. The molecule has 6 nitrogen and oxygen atoms in total. The molecule has 0 aliphatic carbocycles. The Hall–Kier alpha value is -2.21. The first kappa shape index (κ1) is 11.9. The fraction of sp³-hybridized carbons (Fsp3) is 0.167. The molecule has 0 spiro atoms. The second kappa shape index (κ2) is 4.47. The number of aromatic nitrogens is 5. The van der Waals surface area contributed by atoms with E-state index >= 15 is 0 Å². The summed E-state index contributed by atoms with van der Waals surface area (Å²) in [6, 6.07) is 7.99. The summed E-state index contributed by atoms with van der Waals surface area (Å²) < 4.78 is 1.52. The lowest BCUT2D eigenvalue weighted by Crippen LogP contribution is -2.14. The molecule has 1 N–H and O–H groups in total. The Kier molecular flexibility index (Phi) is 2.79. The number of aromatic amines is 1. The average Bonchev–Trinajstić information content (AvgIpc) is 2.82. The summed E-state index contributed by atoms with van der Waals surface area (Å²) in [5.41, 5.74) is 2.51. The number of rotatable bonds is 2. The van der Waals surface area contributed by atoms with Crippen LogP contribution in [0.1, 0.15) is 11.1 Å². The molecule has 1 aromatic carbocycles. The van der Waals surface area contributed by atoms with Crippen molar-refractivity contribution < 1.29 is 0 Å². The van der Waals surface area contributed by atoms with Crippen LogP contribution in [0.15, 0.2) is 29.1 Å². The Morgan fingerprint density at radius 1 is 1.32 bits per heavy atom. The molecule has 0 radical (unpaired) electrons. The number of fused-ring (bicyclic) bond motifs is 1. The van der Waals surface area contributed by atoms with Gasteiger partial charge in [-0.1, -0.05) is 46.6 Å². The Labute approximate surface area is 113 Å². The van der Waals surface area contributed by atoms with Gasteiger partial charge in [0.25, 0.3) is 5.56 Å². The molecule has 19 heavy (non-hydrogen) atoms. The number of nitrogens with zero attached hydrogens (tertiary/aromatic N) is 4. The van der Waals surface area contributed by atoms with E-state index in [1.54, 1.807) is 0 Å². The SMILES string of the molecule is Cc1ccc(Cn2nnc3c(Cl)n[nH]c(=O)c32)cc1. The van der Waals surface area contributed by atoms with Crippen molar-refractivity contribution in [1.82, 2.24) is 25.2 Å². The van der Waals surface area contributed by atoms with Crippen molar-refractivity contribution in [1.29, 1.82) is 0 Å². The van der Waals surface area contributed by atoms with E-state index in [2.05, 4.69) is 20.5 Å². The van der Waals surface area contributed by atoms with E-state index in [4.69, 9.17) is 11.6 Å². The van der Waals surface area contributed by atoms with Gasteiger partial charge in [-0.2, -0.15) is 5.10 Å². The smallest absolute Gasteiger partial charge is 0.265 e. The van der Waals surface area contributed by atoms with Crippen molar-refractivity contribution in [2.45, 2.75) is 13.5 Å². The number of hydrogen-bond acceptors (Lipinski definition) is 4. The standard InChI is InChI=1S/C12H10ClN5O/c1-7-2-4-8(5-3-7)6-18-10-9(14-17-18)11(13)15-16-12(10)19/h2-5H,6H2,1H3,(H,16,19). The van der Waals surface area contributed by atoms with E-state index in [-0.39, 0.29) is 10.7 Å². The third-order valence-corrected chi connectivity index (χ3v) is 3.12. The molecule has 0 unspecified atom stereocenters. The van der Waals surface area contributed by atoms with Crippen LogP contribution in [0, 0.1) is 6.92 Å². The van der Waals surface area contributed by atoms with Gasteiger partial charge in [-0.3, -0.25) is 4.79 Å². The van der Waals surface area contributed by atoms with Crippen molar-refractivity contribution in [3.63, 3.8) is 0 Å². The second-order valence-corrected chi connectivity index (χ2v) is 4.63. The van der Waals surface area contributed by atoms with Crippen LogP contribution in [-0.2, 0) is 6.54 Å². The molecule has 96 valence electrons. The monoisotopic (exact) mass is 275 g/mol. The highest BCUT2D eigenvalue weighted by atomic mass is 35.5. The summed E-state index contributed by atoms with van der Waals surface area (Å²) in [6.45, 7) is 2.48. The average molecular weight is 276 g/mol. The highest BCUT2D eigenvalue weighted by Gasteiger charge is 2.13. The molecule has 7 heteroatoms. The Morgan fingerprint density at radius 2 is 2.05 bits per heavy atom. The summed E-state index contributed by atoms with van der Waals surface area (Å²) in [5, 5.41) is 14.0. The Morgan fingerprint density at radius 3 is 2.79 bits per heavy atom. The number of H-pyrrole nitrogens is 1. The van der Waals surface area contributed by atoms with Crippen LogP contribution >= 0.6 is 11.6 Å². The predicted octanol–water partition coefficient (Wildman–Crippen LogP) is 1.52. The number of benzene rings is 1. The fourth-order valence-electron chi connectivity index (χ4n) is 1.86. The van der Waals surface area contributed by atoms with Gasteiger partial charge in [0.05, 0.1) is 6.54 Å². The van der Waals surface area contributed by atoms with E-state index in [0.29, 0.717) is 17.6 Å². The summed E-state index contributed by atoms with van der Waals surface area (Å²) in [7, 11) is 0. The fourth-order valence-corrected chi connectivity index (χ4v) is 2.03. The molecular formula is C12H10ClN5O. The van der Waals surface area contributed by atoms with Gasteiger partial charge in [0, 0.05) is 0 Å². The lowest BCUT2D eigenvalue weighted by molar-refractivity contribution is 0.667. The van der Waals surface area contributed by atoms with Gasteiger partial charge in [0.2, 0.25) is 0 Å². The van der Waals surface area contributed by atoms with Crippen LogP contribution in [0.4, 0.5) is 0 Å². The summed E-state index contributed by atoms with van der Waals surface area (Å²) in [6.07, 6.45) is 0. The molecule has 0 atom stereocenters. The predicted molar refractivity (Wildman–Crippen MR) is 71.2 cm³/mol. The van der Waals surface area contributed by atoms with E-state index in [1.165, 1.54) is 10.2 Å². The molecule has 0 aliphatic heterocycles. The van der Waals surface area contributed by atoms with Crippen LogP contribution in [-0.4, -0.2) is 25.2 Å². The van der Waals surface area contributed by atoms with E-state index < -0.39 is 0 Å². The molecule has 0 saturated heterocycles. The minimum atomic E-state index is -0.350. The third-order valence-electron chi connectivity index (χ3n) is 2.85. The van der Waals surface area contributed by atoms with Gasteiger partial charge in [-0.15, -0.1) is 5.10 Å². The third kappa shape index (κ3) is 2.10. The topological polar surface area (TPSA) is 76.5 Å². The maximum atomic E-state index is 11.8. The van der Waals surface area contributed by atoms with Crippen LogP contribution in [0.25, 0.3) is 11.0 Å². The molecule has 0 saturated carbocycles. The highest BCUT2D eigenvalue weighted by Crippen LogP contribution is 2.15. The molecule has 2 aromatic heterocycles. The first-order chi connectivity index (χ1) is 9.15. The Bertz CT molecular complexity index is 790. The maximum absolute atomic E-state index is 11.8. The number of aryl methyl sites for hydroxylation is 1. The normalized spacial score (nSPS) is 11.1. The van der Waals surface area contributed by atoms with Gasteiger partial charge >= 0.3 is 0 Å². The van der Waals surface area contributed by atoms with Crippen molar-refractivity contribution in [2.24, 2.45) is 0 Å². The molecule has 0 fully saturated rings. The van der Waals surface area contributed by atoms with Crippen molar-refractivity contribution in [2.75, 3.05) is 0 Å². The van der Waals surface area contributed by atoms with Crippen molar-refractivity contribution >= 4 is 22.6 Å². The van der Waals surface area contributed by atoms with Crippen molar-refractivity contribution in [3.05, 3.63) is 50.9 Å². The maximum Gasteiger partial charge on any atom is 0.292 e. The van der Waals surface area contributed by atoms with E-state index in [9.17, 15) is 4.79 Å². The van der Waals surface area contributed by atoms with Crippen LogP contribution in [0.5, 0.6) is 0 Å². The Balaban J connectivity index is 2.09. The lowest BCUT2D eigenvalue weighted by atomic mass is 10.1. The zero-order valence-corrected chi connectivity index (χ0v) is 10.8. The summed E-state index contributed by atoms with van der Waals surface area (Å²) >= 11 is 5.87. The van der Waals surface area contributed by atoms with Gasteiger partial charge in [-0.25, -0.2) is 9.78 Å². The molecular weight excluding hydrogens is 266 g/mol. The van der Waals surface area contributed by atoms with Gasteiger partial charge in [0.1, 0.15) is 0 Å². The largest absolute Gasteiger partial charge is 0.292 e. The second-order valence-electron chi connectivity index (χ2n) is 4.27. The number of nitrogens with one attached hydrogen (secondary N) is 1. The first-order valence-electron chi connectivity index (χ1n) is 5.68. The van der Waals surface area contributed by atoms with Gasteiger partial charge in [0.15, 0.2) is 16.2 Å². The van der Waals surface area contributed by atoms with E-state index in [0.717, 1.165) is 5.56 Å². The van der Waals surface area contributed by atoms with Crippen LogP contribution in [0.3, 0.4) is 0 Å². The molecule has 0 aliphatic rings.